The Morgan fingerprint density at radius 1 is 1.07 bits per heavy atom. The van der Waals surface area contributed by atoms with Crippen LogP contribution in [-0.4, -0.2) is 31.7 Å². The first-order chi connectivity index (χ1) is 13.8. The molecule has 0 aliphatic carbocycles. The van der Waals surface area contributed by atoms with Gasteiger partial charge in [-0.1, -0.05) is 53.0 Å². The van der Waals surface area contributed by atoms with Gasteiger partial charge in [-0.15, -0.1) is 11.3 Å². The number of anilines is 1. The average molecular weight is 467 g/mol. The molecule has 0 saturated carbocycles. The molecule has 0 bridgehead atoms. The molecular formula is C21H20Cl2N2O2S2. The number of nitrogens with zero attached hydrogens (tertiary/aromatic N) is 2. The molecule has 0 radical (unpaired) electrons. The highest BCUT2D eigenvalue weighted by molar-refractivity contribution is 7.92. The molecule has 4 nitrogen and oxygen atoms in total. The molecule has 2 aromatic carbocycles. The Bertz CT molecular complexity index is 1120. The molecule has 0 amide bonds. The fourth-order valence-electron chi connectivity index (χ4n) is 3.50. The number of thiazole rings is 1. The molecule has 29 heavy (non-hydrogen) atoms. The Morgan fingerprint density at radius 2 is 1.76 bits per heavy atom. The first-order valence-corrected chi connectivity index (χ1v) is 12.5. The van der Waals surface area contributed by atoms with Gasteiger partial charge in [0.05, 0.1) is 20.9 Å². The van der Waals surface area contributed by atoms with Crippen LogP contribution in [0.3, 0.4) is 0 Å². The lowest BCUT2D eigenvalue weighted by Gasteiger charge is -2.31. The lowest BCUT2D eigenvalue weighted by molar-refractivity contribution is 0.529. The normalized spacial score (nSPS) is 15.6. The van der Waals surface area contributed by atoms with E-state index in [0.717, 1.165) is 16.4 Å². The number of aromatic nitrogens is 1. The lowest BCUT2D eigenvalue weighted by atomic mass is 10.1. The third kappa shape index (κ3) is 4.31. The average Bonchev–Trinajstić information content (AvgIpc) is 3.20. The second-order valence-corrected chi connectivity index (χ2v) is 11.1. The zero-order valence-electron chi connectivity index (χ0n) is 15.8. The first kappa shape index (κ1) is 20.7. The number of hydrogen-bond donors (Lipinski definition) is 0. The summed E-state index contributed by atoms with van der Waals surface area (Å²) in [4.78, 5) is 7.05. The highest BCUT2D eigenvalue weighted by Crippen LogP contribution is 2.34. The van der Waals surface area contributed by atoms with E-state index in [4.69, 9.17) is 28.2 Å². The third-order valence-corrected chi connectivity index (χ3v) is 9.07. The number of hydrogen-bond acceptors (Lipinski definition) is 5. The smallest absolute Gasteiger partial charge is 0.185 e. The molecule has 0 N–H and O–H groups in total. The minimum Gasteiger partial charge on any atom is -0.348 e. The molecule has 0 unspecified atom stereocenters. The molecule has 1 aromatic heterocycles. The van der Waals surface area contributed by atoms with E-state index >= 15 is 0 Å². The van der Waals surface area contributed by atoms with Crippen molar-refractivity contribution in [1.29, 1.82) is 0 Å². The molecule has 0 spiro atoms. The van der Waals surface area contributed by atoms with Crippen LogP contribution in [0.2, 0.25) is 10.0 Å². The minimum absolute atomic E-state index is 0.126. The summed E-state index contributed by atoms with van der Waals surface area (Å²) < 4.78 is 26.1. The number of benzene rings is 2. The van der Waals surface area contributed by atoms with Crippen molar-refractivity contribution < 1.29 is 8.42 Å². The van der Waals surface area contributed by atoms with Crippen molar-refractivity contribution >= 4 is 49.5 Å². The Balaban J connectivity index is 1.47. The SMILES string of the molecule is Cc1ccc(-c2csc(N3CCC(S(=O)(=O)c4cc(Cl)ccc4Cl)CC3)n2)cc1. The van der Waals surface area contributed by atoms with Gasteiger partial charge >= 0.3 is 0 Å². The van der Waals surface area contributed by atoms with Crippen molar-refractivity contribution in [1.82, 2.24) is 4.98 Å². The van der Waals surface area contributed by atoms with Crippen molar-refractivity contribution in [3.05, 3.63) is 63.5 Å². The maximum Gasteiger partial charge on any atom is 0.185 e. The summed E-state index contributed by atoms with van der Waals surface area (Å²) in [7, 11) is -3.52. The number of rotatable bonds is 4. The lowest BCUT2D eigenvalue weighted by Crippen LogP contribution is -2.39. The van der Waals surface area contributed by atoms with Crippen molar-refractivity contribution in [3.8, 4) is 11.3 Å². The van der Waals surface area contributed by atoms with Gasteiger partial charge in [-0.2, -0.15) is 0 Å². The van der Waals surface area contributed by atoms with E-state index in [1.165, 1.54) is 17.7 Å². The molecular weight excluding hydrogens is 447 g/mol. The Hall–Kier alpha value is -1.60. The van der Waals surface area contributed by atoms with Crippen LogP contribution in [0.1, 0.15) is 18.4 Å². The van der Waals surface area contributed by atoms with E-state index in [2.05, 4.69) is 41.5 Å². The Kier molecular flexibility index (Phi) is 5.89. The topological polar surface area (TPSA) is 50.3 Å². The fraction of sp³-hybridized carbons (Fsp3) is 0.286. The monoisotopic (exact) mass is 466 g/mol. The van der Waals surface area contributed by atoms with Crippen LogP contribution in [0.15, 0.2) is 52.7 Å². The van der Waals surface area contributed by atoms with Crippen LogP contribution in [-0.2, 0) is 9.84 Å². The van der Waals surface area contributed by atoms with Gasteiger partial charge in [0.25, 0.3) is 0 Å². The zero-order chi connectivity index (χ0) is 20.6. The predicted molar refractivity (Wildman–Crippen MR) is 121 cm³/mol. The van der Waals surface area contributed by atoms with Crippen LogP contribution in [0.25, 0.3) is 11.3 Å². The number of aryl methyl sites for hydroxylation is 1. The molecule has 4 rings (SSSR count). The Morgan fingerprint density at radius 3 is 2.45 bits per heavy atom. The third-order valence-electron chi connectivity index (χ3n) is 5.19. The Labute approximate surface area is 185 Å². The van der Waals surface area contributed by atoms with Crippen LogP contribution < -0.4 is 4.90 Å². The summed E-state index contributed by atoms with van der Waals surface area (Å²) in [6.07, 6.45) is 1.06. The summed E-state index contributed by atoms with van der Waals surface area (Å²) in [6.45, 7) is 3.34. The van der Waals surface area contributed by atoms with Gasteiger partial charge in [-0.05, 0) is 38.0 Å². The van der Waals surface area contributed by atoms with Crippen LogP contribution >= 0.6 is 34.5 Å². The van der Waals surface area contributed by atoms with Crippen molar-refractivity contribution in [3.63, 3.8) is 0 Å². The standard InChI is InChI=1S/C21H20Cl2N2O2S2/c1-14-2-4-15(5-3-14)19-13-28-21(24-19)25-10-8-17(9-11-25)29(26,27)20-12-16(22)6-7-18(20)23/h2-7,12-13,17H,8-11H2,1H3. The summed E-state index contributed by atoms with van der Waals surface area (Å²) >= 11 is 13.7. The van der Waals surface area contributed by atoms with Crippen molar-refractivity contribution in [2.24, 2.45) is 0 Å². The summed E-state index contributed by atoms with van der Waals surface area (Å²) in [5, 5.41) is 3.11. The van der Waals surface area contributed by atoms with Crippen LogP contribution in [0, 0.1) is 6.92 Å². The number of halogens is 2. The molecule has 3 aromatic rings. The summed E-state index contributed by atoms with van der Waals surface area (Å²) in [5.41, 5.74) is 3.25. The molecule has 152 valence electrons. The second-order valence-electron chi connectivity index (χ2n) is 7.19. The van der Waals surface area contributed by atoms with Gasteiger partial charge < -0.3 is 4.90 Å². The number of piperidine rings is 1. The predicted octanol–water partition coefficient (Wildman–Crippen LogP) is 5.87. The fourth-order valence-corrected chi connectivity index (χ4v) is 6.89. The molecule has 0 atom stereocenters. The summed E-state index contributed by atoms with van der Waals surface area (Å²) in [6, 6.07) is 12.9. The van der Waals surface area contributed by atoms with Crippen LogP contribution in [0.4, 0.5) is 5.13 Å². The van der Waals surface area contributed by atoms with Crippen LogP contribution in [0.5, 0.6) is 0 Å². The minimum atomic E-state index is -3.52. The van der Waals surface area contributed by atoms with Crippen molar-refractivity contribution in [2.45, 2.75) is 29.9 Å². The van der Waals surface area contributed by atoms with E-state index < -0.39 is 15.1 Å². The van der Waals surface area contributed by atoms with Gasteiger partial charge in [-0.25, -0.2) is 13.4 Å². The van der Waals surface area contributed by atoms with E-state index in [-0.39, 0.29) is 9.92 Å². The van der Waals surface area contributed by atoms with Gasteiger partial charge in [0.1, 0.15) is 0 Å². The largest absolute Gasteiger partial charge is 0.348 e. The molecule has 1 fully saturated rings. The first-order valence-electron chi connectivity index (χ1n) is 9.31. The molecule has 1 saturated heterocycles. The molecule has 1 aliphatic rings. The van der Waals surface area contributed by atoms with Gasteiger partial charge in [0.15, 0.2) is 15.0 Å². The molecule has 8 heteroatoms. The van der Waals surface area contributed by atoms with E-state index in [1.54, 1.807) is 17.4 Å². The zero-order valence-corrected chi connectivity index (χ0v) is 19.0. The number of sulfone groups is 1. The molecule has 1 aliphatic heterocycles. The maximum atomic E-state index is 13.0. The van der Waals surface area contributed by atoms with E-state index in [9.17, 15) is 8.42 Å². The van der Waals surface area contributed by atoms with Crippen molar-refractivity contribution in [2.75, 3.05) is 18.0 Å². The van der Waals surface area contributed by atoms with E-state index in [1.807, 2.05) is 0 Å². The molecule has 2 heterocycles. The van der Waals surface area contributed by atoms with Gasteiger partial charge in [0, 0.05) is 29.1 Å². The highest BCUT2D eigenvalue weighted by Gasteiger charge is 2.33. The summed E-state index contributed by atoms with van der Waals surface area (Å²) in [5.74, 6) is 0. The second kappa shape index (κ2) is 8.26. The maximum absolute atomic E-state index is 13.0. The van der Waals surface area contributed by atoms with Gasteiger partial charge in [0.2, 0.25) is 0 Å². The van der Waals surface area contributed by atoms with E-state index in [0.29, 0.717) is 31.0 Å². The van der Waals surface area contributed by atoms with Gasteiger partial charge in [-0.3, -0.25) is 0 Å². The highest BCUT2D eigenvalue weighted by atomic mass is 35.5. The quantitative estimate of drug-likeness (QED) is 0.482.